The Balaban J connectivity index is 1.53. The molecule has 1 aliphatic heterocycles. The molecule has 5 rings (SSSR count). The van der Waals surface area contributed by atoms with Gasteiger partial charge < -0.3 is 0 Å². The van der Waals surface area contributed by atoms with Gasteiger partial charge in [-0.1, -0.05) is 102 Å². The number of hydrogen-bond donors (Lipinski definition) is 0. The third kappa shape index (κ3) is 4.73. The molecule has 34 heavy (non-hydrogen) atoms. The molecule has 2 heterocycles. The smallest absolute Gasteiger partial charge is 0.266 e. The van der Waals surface area contributed by atoms with E-state index in [1.54, 1.807) is 16.7 Å². The van der Waals surface area contributed by atoms with Crippen LogP contribution in [0.3, 0.4) is 0 Å². The van der Waals surface area contributed by atoms with Crippen LogP contribution in [0.15, 0.2) is 106 Å². The maximum Gasteiger partial charge on any atom is 0.266 e. The summed E-state index contributed by atoms with van der Waals surface area (Å²) in [5, 5.41) is 5.80. The molecule has 168 valence electrons. The standard InChI is InChI=1S/C27H21N3OS3/c1-19-23(17-24-25(31)29(27(32)34-24)18-20-11-5-2-6-12-20)26(33-22-15-9-4-10-16-22)30(28-19)21-13-7-3-8-14-21/h2-17H,18H2,1H3/b24-17-. The summed E-state index contributed by atoms with van der Waals surface area (Å²) >= 11 is 8.55. The fraction of sp³-hybridized carbons (Fsp3) is 0.0741. The Hall–Kier alpha value is -3.13. The first kappa shape index (κ1) is 22.7. The highest BCUT2D eigenvalue weighted by molar-refractivity contribution is 8.26. The molecule has 4 aromatic rings. The van der Waals surface area contributed by atoms with Crippen molar-refractivity contribution >= 4 is 52.0 Å². The summed E-state index contributed by atoms with van der Waals surface area (Å²) in [6.07, 6.45) is 1.94. The van der Waals surface area contributed by atoms with Crippen LogP contribution in [0, 0.1) is 6.92 Å². The van der Waals surface area contributed by atoms with Crippen LogP contribution in [0.5, 0.6) is 0 Å². The lowest BCUT2D eigenvalue weighted by Gasteiger charge is -2.14. The van der Waals surface area contributed by atoms with Crippen LogP contribution in [0.2, 0.25) is 0 Å². The number of amides is 1. The molecule has 0 spiro atoms. The summed E-state index contributed by atoms with van der Waals surface area (Å²) in [6.45, 7) is 2.45. The number of thioether (sulfide) groups is 1. The lowest BCUT2D eigenvalue weighted by molar-refractivity contribution is -0.122. The third-order valence-corrected chi connectivity index (χ3v) is 7.83. The number of hydrogen-bond acceptors (Lipinski definition) is 5. The summed E-state index contributed by atoms with van der Waals surface area (Å²) in [5.74, 6) is -0.0682. The second-order valence-electron chi connectivity index (χ2n) is 7.72. The molecule has 7 heteroatoms. The van der Waals surface area contributed by atoms with E-state index in [1.165, 1.54) is 11.8 Å². The number of carbonyl (C=O) groups is 1. The molecular formula is C27H21N3OS3. The highest BCUT2D eigenvalue weighted by Crippen LogP contribution is 2.39. The largest absolute Gasteiger partial charge is 0.288 e. The highest BCUT2D eigenvalue weighted by Gasteiger charge is 2.33. The number of carbonyl (C=O) groups excluding carboxylic acids is 1. The van der Waals surface area contributed by atoms with E-state index in [-0.39, 0.29) is 5.91 Å². The van der Waals surface area contributed by atoms with Crippen molar-refractivity contribution in [2.45, 2.75) is 23.4 Å². The normalized spacial score (nSPS) is 14.9. The molecule has 1 aromatic heterocycles. The van der Waals surface area contributed by atoms with Crippen LogP contribution in [-0.2, 0) is 11.3 Å². The third-order valence-electron chi connectivity index (χ3n) is 5.35. The van der Waals surface area contributed by atoms with Crippen molar-refractivity contribution < 1.29 is 4.79 Å². The van der Waals surface area contributed by atoms with Gasteiger partial charge >= 0.3 is 0 Å². The van der Waals surface area contributed by atoms with Crippen molar-refractivity contribution in [2.24, 2.45) is 0 Å². The van der Waals surface area contributed by atoms with Crippen molar-refractivity contribution in [2.75, 3.05) is 0 Å². The van der Waals surface area contributed by atoms with E-state index < -0.39 is 0 Å². The Bertz CT molecular complexity index is 1370. The van der Waals surface area contributed by atoms with E-state index in [9.17, 15) is 4.79 Å². The molecular weight excluding hydrogens is 479 g/mol. The Morgan fingerprint density at radius 2 is 1.56 bits per heavy atom. The van der Waals surface area contributed by atoms with E-state index in [2.05, 4.69) is 12.1 Å². The maximum atomic E-state index is 13.3. The quantitative estimate of drug-likeness (QED) is 0.217. The SMILES string of the molecule is Cc1nn(-c2ccccc2)c(Sc2ccccc2)c1/C=C1\SC(=S)N(Cc2ccccc2)C1=O. The number of nitrogens with zero attached hydrogens (tertiary/aromatic N) is 3. The summed E-state index contributed by atoms with van der Waals surface area (Å²) < 4.78 is 2.52. The summed E-state index contributed by atoms with van der Waals surface area (Å²) in [5.41, 5.74) is 3.81. The van der Waals surface area contributed by atoms with E-state index in [1.807, 2.05) is 96.5 Å². The van der Waals surface area contributed by atoms with Crippen molar-refractivity contribution in [1.29, 1.82) is 0 Å². The molecule has 1 fully saturated rings. The van der Waals surface area contributed by atoms with Crippen molar-refractivity contribution in [3.05, 3.63) is 113 Å². The zero-order valence-electron chi connectivity index (χ0n) is 18.4. The summed E-state index contributed by atoms with van der Waals surface area (Å²) in [7, 11) is 0. The van der Waals surface area contributed by atoms with Gasteiger partial charge in [-0.2, -0.15) is 5.10 Å². The average molecular weight is 500 g/mol. The molecule has 3 aromatic carbocycles. The van der Waals surface area contributed by atoms with Gasteiger partial charge in [0.15, 0.2) is 0 Å². The van der Waals surface area contributed by atoms with Gasteiger partial charge in [0.25, 0.3) is 5.91 Å². The second kappa shape index (κ2) is 10.0. The lowest BCUT2D eigenvalue weighted by Crippen LogP contribution is -2.27. The van der Waals surface area contributed by atoms with E-state index in [0.29, 0.717) is 15.8 Å². The van der Waals surface area contributed by atoms with Gasteiger partial charge in [0.2, 0.25) is 0 Å². The number of aryl methyl sites for hydroxylation is 1. The number of thiocarbonyl (C=S) groups is 1. The van der Waals surface area contributed by atoms with Gasteiger partial charge in [-0.05, 0) is 42.8 Å². The van der Waals surface area contributed by atoms with Crippen molar-refractivity contribution in [1.82, 2.24) is 14.7 Å². The first-order valence-electron chi connectivity index (χ1n) is 10.8. The fourth-order valence-electron chi connectivity index (χ4n) is 3.66. The number of rotatable bonds is 6. The van der Waals surface area contributed by atoms with Crippen LogP contribution < -0.4 is 0 Å². The first-order valence-corrected chi connectivity index (χ1v) is 12.8. The highest BCUT2D eigenvalue weighted by atomic mass is 32.2. The molecule has 1 amide bonds. The molecule has 0 atom stereocenters. The average Bonchev–Trinajstić information content (AvgIpc) is 3.31. The van der Waals surface area contributed by atoms with E-state index in [0.717, 1.165) is 32.4 Å². The molecule has 1 saturated heterocycles. The number of aromatic nitrogens is 2. The summed E-state index contributed by atoms with van der Waals surface area (Å²) in [6, 6.07) is 30.2. The Labute approximate surface area is 212 Å². The first-order chi connectivity index (χ1) is 16.6. The predicted molar refractivity (Wildman–Crippen MR) is 144 cm³/mol. The van der Waals surface area contributed by atoms with Crippen LogP contribution in [-0.4, -0.2) is 24.9 Å². The van der Waals surface area contributed by atoms with E-state index >= 15 is 0 Å². The minimum absolute atomic E-state index is 0.0682. The molecule has 1 aliphatic rings. The predicted octanol–water partition coefficient (Wildman–Crippen LogP) is 6.73. The zero-order chi connectivity index (χ0) is 23.5. The lowest BCUT2D eigenvalue weighted by atomic mass is 10.2. The summed E-state index contributed by atoms with van der Waals surface area (Å²) in [4.78, 5) is 16.7. The van der Waals surface area contributed by atoms with Gasteiger partial charge in [-0.3, -0.25) is 9.69 Å². The minimum atomic E-state index is -0.0682. The monoisotopic (exact) mass is 499 g/mol. The van der Waals surface area contributed by atoms with Gasteiger partial charge in [0.1, 0.15) is 9.35 Å². The molecule has 0 saturated carbocycles. The fourth-order valence-corrected chi connectivity index (χ4v) is 5.96. The zero-order valence-corrected chi connectivity index (χ0v) is 20.9. The van der Waals surface area contributed by atoms with Crippen LogP contribution in [0.1, 0.15) is 16.8 Å². The molecule has 0 bridgehead atoms. The van der Waals surface area contributed by atoms with Crippen LogP contribution in [0.25, 0.3) is 11.8 Å². The van der Waals surface area contributed by atoms with Gasteiger partial charge in [-0.25, -0.2) is 4.68 Å². The van der Waals surface area contributed by atoms with Gasteiger partial charge in [0.05, 0.1) is 22.8 Å². The Kier molecular flexibility index (Phi) is 6.67. The topological polar surface area (TPSA) is 38.1 Å². The van der Waals surface area contributed by atoms with Gasteiger partial charge in [-0.15, -0.1) is 0 Å². The van der Waals surface area contributed by atoms with Crippen LogP contribution >= 0.6 is 35.7 Å². The minimum Gasteiger partial charge on any atom is -0.288 e. The van der Waals surface area contributed by atoms with Gasteiger partial charge in [0, 0.05) is 10.5 Å². The van der Waals surface area contributed by atoms with E-state index in [4.69, 9.17) is 17.3 Å². The molecule has 0 aliphatic carbocycles. The maximum absolute atomic E-state index is 13.3. The van der Waals surface area contributed by atoms with Crippen molar-refractivity contribution in [3.8, 4) is 5.69 Å². The molecule has 0 radical (unpaired) electrons. The molecule has 4 nitrogen and oxygen atoms in total. The Morgan fingerprint density at radius 1 is 0.941 bits per heavy atom. The van der Waals surface area contributed by atoms with Crippen LogP contribution in [0.4, 0.5) is 0 Å². The Morgan fingerprint density at radius 3 is 2.24 bits per heavy atom. The second-order valence-corrected chi connectivity index (χ2v) is 10.5. The molecule has 0 N–H and O–H groups in total. The number of para-hydroxylation sites is 1. The molecule has 0 unspecified atom stereocenters. The van der Waals surface area contributed by atoms with Crippen molar-refractivity contribution in [3.63, 3.8) is 0 Å². The number of benzene rings is 3.